The van der Waals surface area contributed by atoms with Crippen LogP contribution in [0.25, 0.3) is 0 Å². The topological polar surface area (TPSA) is 95.6 Å². The van der Waals surface area contributed by atoms with Crippen molar-refractivity contribution in [3.05, 3.63) is 71.3 Å². The third-order valence-electron chi connectivity index (χ3n) is 6.14. The number of methoxy groups -OCH3 is 4. The zero-order chi connectivity index (χ0) is 26.5. The number of fused-ring (bicyclic) bond motifs is 1. The second-order valence-electron chi connectivity index (χ2n) is 8.48. The Morgan fingerprint density at radius 2 is 1.68 bits per heavy atom. The first-order chi connectivity index (χ1) is 17.9. The Balaban J connectivity index is 1.57. The van der Waals surface area contributed by atoms with Crippen LogP contribution in [0.1, 0.15) is 28.4 Å². The molecule has 2 amide bonds. The van der Waals surface area contributed by atoms with Gasteiger partial charge in [0.1, 0.15) is 17.2 Å². The number of carbonyl (C=O) groups excluding carboxylic acids is 2. The van der Waals surface area contributed by atoms with Crippen molar-refractivity contribution in [1.82, 2.24) is 4.90 Å². The summed E-state index contributed by atoms with van der Waals surface area (Å²) in [5.41, 5.74) is 2.60. The summed E-state index contributed by atoms with van der Waals surface area (Å²) in [6.07, 6.45) is -0.669. The number of benzene rings is 3. The Hall–Kier alpha value is -4.40. The molecule has 37 heavy (non-hydrogen) atoms. The van der Waals surface area contributed by atoms with Crippen molar-refractivity contribution in [3.63, 3.8) is 0 Å². The van der Waals surface area contributed by atoms with Gasteiger partial charge in [-0.05, 0) is 55.5 Å². The fourth-order valence-corrected chi connectivity index (χ4v) is 4.18. The predicted octanol–water partition coefficient (Wildman–Crippen LogP) is 4.28. The van der Waals surface area contributed by atoms with E-state index in [1.54, 1.807) is 62.4 Å². The Kier molecular flexibility index (Phi) is 7.71. The van der Waals surface area contributed by atoms with E-state index >= 15 is 0 Å². The van der Waals surface area contributed by atoms with Gasteiger partial charge in [-0.2, -0.15) is 0 Å². The predicted molar refractivity (Wildman–Crippen MR) is 138 cm³/mol. The summed E-state index contributed by atoms with van der Waals surface area (Å²) in [5, 5.41) is 2.91. The van der Waals surface area contributed by atoms with Gasteiger partial charge in [0.15, 0.2) is 17.6 Å². The van der Waals surface area contributed by atoms with Gasteiger partial charge in [-0.3, -0.25) is 9.59 Å². The minimum atomic E-state index is -0.669. The molecule has 4 rings (SSSR count). The van der Waals surface area contributed by atoms with Crippen LogP contribution in [0.2, 0.25) is 0 Å². The molecule has 1 atom stereocenters. The van der Waals surface area contributed by atoms with Crippen molar-refractivity contribution in [2.45, 2.75) is 26.1 Å². The molecule has 9 nitrogen and oxygen atoms in total. The summed E-state index contributed by atoms with van der Waals surface area (Å²) < 4.78 is 27.3. The molecule has 0 bridgehead atoms. The monoisotopic (exact) mass is 506 g/mol. The van der Waals surface area contributed by atoms with Crippen LogP contribution < -0.4 is 29.0 Å². The third-order valence-corrected chi connectivity index (χ3v) is 6.14. The fourth-order valence-electron chi connectivity index (χ4n) is 4.18. The van der Waals surface area contributed by atoms with E-state index in [-0.39, 0.29) is 11.8 Å². The van der Waals surface area contributed by atoms with E-state index in [9.17, 15) is 9.59 Å². The van der Waals surface area contributed by atoms with Crippen LogP contribution in [0.15, 0.2) is 54.6 Å². The van der Waals surface area contributed by atoms with Gasteiger partial charge in [0.05, 0.1) is 28.4 Å². The molecule has 1 aliphatic heterocycles. The highest BCUT2D eigenvalue weighted by atomic mass is 16.5. The van der Waals surface area contributed by atoms with E-state index < -0.39 is 6.10 Å². The molecule has 0 unspecified atom stereocenters. The Morgan fingerprint density at radius 3 is 2.38 bits per heavy atom. The van der Waals surface area contributed by atoms with Crippen LogP contribution in [-0.4, -0.2) is 51.3 Å². The highest BCUT2D eigenvalue weighted by Crippen LogP contribution is 2.32. The number of hydrogen-bond acceptors (Lipinski definition) is 7. The van der Waals surface area contributed by atoms with E-state index in [1.807, 2.05) is 18.2 Å². The number of hydrogen-bond donors (Lipinski definition) is 1. The van der Waals surface area contributed by atoms with Gasteiger partial charge in [0, 0.05) is 41.5 Å². The number of anilines is 1. The third kappa shape index (κ3) is 5.55. The maximum atomic E-state index is 13.1. The fraction of sp³-hybridized carbons (Fsp3) is 0.286. The van der Waals surface area contributed by atoms with E-state index in [0.29, 0.717) is 53.1 Å². The average molecular weight is 507 g/mol. The van der Waals surface area contributed by atoms with Gasteiger partial charge in [-0.1, -0.05) is 0 Å². The summed E-state index contributed by atoms with van der Waals surface area (Å²) in [7, 11) is 6.22. The van der Waals surface area contributed by atoms with Crippen LogP contribution in [-0.2, 0) is 17.9 Å². The summed E-state index contributed by atoms with van der Waals surface area (Å²) in [4.78, 5) is 27.8. The Labute approximate surface area is 215 Å². The number of nitrogens with zero attached hydrogens (tertiary/aromatic N) is 1. The van der Waals surface area contributed by atoms with Gasteiger partial charge in [0.2, 0.25) is 0 Å². The van der Waals surface area contributed by atoms with E-state index in [2.05, 4.69) is 5.32 Å². The normalized spacial score (nSPS) is 14.7. The lowest BCUT2D eigenvalue weighted by molar-refractivity contribution is -0.138. The van der Waals surface area contributed by atoms with Crippen molar-refractivity contribution in [2.24, 2.45) is 0 Å². The van der Waals surface area contributed by atoms with Crippen LogP contribution in [0.5, 0.6) is 28.7 Å². The standard InChI is InChI=1S/C28H30N2O7/c1-17-28(32)30(15-19-6-9-22(33-2)14-25(19)35-4)16-20-12-21(8-11-23(20)37-17)29-27(31)18-7-10-24(34-3)26(13-18)36-5/h6-14,17H,15-16H2,1-5H3,(H,29,31)/t17-/m1/s1. The highest BCUT2D eigenvalue weighted by Gasteiger charge is 2.29. The lowest BCUT2D eigenvalue weighted by Gasteiger charge is -2.23. The molecule has 0 aliphatic carbocycles. The lowest BCUT2D eigenvalue weighted by atomic mass is 10.1. The van der Waals surface area contributed by atoms with Crippen LogP contribution >= 0.6 is 0 Å². The second kappa shape index (κ2) is 11.1. The van der Waals surface area contributed by atoms with E-state index in [1.165, 1.54) is 14.2 Å². The van der Waals surface area contributed by atoms with Gasteiger partial charge in [-0.15, -0.1) is 0 Å². The number of ether oxygens (including phenoxy) is 5. The van der Waals surface area contributed by atoms with Gasteiger partial charge >= 0.3 is 0 Å². The maximum absolute atomic E-state index is 13.1. The molecular weight excluding hydrogens is 476 g/mol. The molecular formula is C28H30N2O7. The summed E-state index contributed by atoms with van der Waals surface area (Å²) in [6, 6.07) is 15.8. The lowest BCUT2D eigenvalue weighted by Crippen LogP contribution is -2.37. The second-order valence-corrected chi connectivity index (χ2v) is 8.48. The smallest absolute Gasteiger partial charge is 0.263 e. The maximum Gasteiger partial charge on any atom is 0.263 e. The van der Waals surface area contributed by atoms with E-state index in [4.69, 9.17) is 23.7 Å². The first-order valence-corrected chi connectivity index (χ1v) is 11.7. The first-order valence-electron chi connectivity index (χ1n) is 11.7. The molecule has 3 aromatic carbocycles. The van der Waals surface area contributed by atoms with Crippen LogP contribution in [0.4, 0.5) is 5.69 Å². The molecule has 9 heteroatoms. The van der Waals surface area contributed by atoms with Crippen molar-refractivity contribution in [1.29, 1.82) is 0 Å². The summed E-state index contributed by atoms with van der Waals surface area (Å²) in [5.74, 6) is 2.43. The Bertz CT molecular complexity index is 1310. The molecule has 0 aromatic heterocycles. The summed E-state index contributed by atoms with van der Waals surface area (Å²) in [6.45, 7) is 2.34. The molecule has 1 heterocycles. The van der Waals surface area contributed by atoms with Crippen molar-refractivity contribution < 1.29 is 33.3 Å². The Morgan fingerprint density at radius 1 is 0.919 bits per heavy atom. The SMILES string of the molecule is COc1ccc(CN2Cc3cc(NC(=O)c4ccc(OC)c(OC)c4)ccc3O[C@H](C)C2=O)c(OC)c1. The number of carbonyl (C=O) groups is 2. The van der Waals surface area contributed by atoms with Crippen LogP contribution in [0.3, 0.4) is 0 Å². The average Bonchev–Trinajstić information content (AvgIpc) is 3.03. The molecule has 0 saturated carbocycles. The number of amides is 2. The molecule has 194 valence electrons. The highest BCUT2D eigenvalue weighted by molar-refractivity contribution is 6.04. The van der Waals surface area contributed by atoms with Gasteiger partial charge in [0.25, 0.3) is 11.8 Å². The largest absolute Gasteiger partial charge is 0.497 e. The van der Waals surface area contributed by atoms with Crippen molar-refractivity contribution >= 4 is 17.5 Å². The molecule has 0 radical (unpaired) electrons. The number of rotatable bonds is 8. The quantitative estimate of drug-likeness (QED) is 0.487. The zero-order valence-corrected chi connectivity index (χ0v) is 21.5. The molecule has 3 aromatic rings. The minimum Gasteiger partial charge on any atom is -0.497 e. The van der Waals surface area contributed by atoms with Gasteiger partial charge in [-0.25, -0.2) is 0 Å². The van der Waals surface area contributed by atoms with Crippen molar-refractivity contribution in [3.8, 4) is 28.7 Å². The van der Waals surface area contributed by atoms with E-state index in [0.717, 1.165) is 11.1 Å². The summed E-state index contributed by atoms with van der Waals surface area (Å²) >= 11 is 0. The van der Waals surface area contributed by atoms with Crippen LogP contribution in [0, 0.1) is 0 Å². The molecule has 1 aliphatic rings. The zero-order valence-electron chi connectivity index (χ0n) is 21.5. The molecule has 0 fully saturated rings. The molecule has 1 N–H and O–H groups in total. The molecule has 0 saturated heterocycles. The van der Waals surface area contributed by atoms with Gasteiger partial charge < -0.3 is 33.9 Å². The molecule has 0 spiro atoms. The number of nitrogens with one attached hydrogen (secondary N) is 1. The first kappa shape index (κ1) is 25.7. The minimum absolute atomic E-state index is 0.148. The van der Waals surface area contributed by atoms with Crippen molar-refractivity contribution in [2.75, 3.05) is 33.8 Å².